The number of hydrogen-bond donors (Lipinski definition) is 1. The third-order valence-electron chi connectivity index (χ3n) is 4.36. The molecule has 0 aliphatic rings. The standard InChI is InChI=1S/C22H25Cl3N2O2S/c1-14(2)26-22(29)15(3)27(11-17-6-9-19(24)10-20(17)25)21(28)13-30-12-16-4-7-18(23)8-5-16/h4-10,14-15H,11-13H2,1-3H3,(H,26,29). The van der Waals surface area contributed by atoms with Gasteiger partial charge in [0.05, 0.1) is 5.75 Å². The lowest BCUT2D eigenvalue weighted by Crippen LogP contribution is -2.49. The Hall–Kier alpha value is -1.40. The van der Waals surface area contributed by atoms with Crippen molar-refractivity contribution in [3.05, 3.63) is 68.7 Å². The first-order chi connectivity index (χ1) is 14.2. The molecule has 2 aromatic carbocycles. The zero-order chi connectivity index (χ0) is 22.3. The number of nitrogens with one attached hydrogen (secondary N) is 1. The fourth-order valence-electron chi connectivity index (χ4n) is 2.74. The second-order valence-electron chi connectivity index (χ2n) is 7.22. The van der Waals surface area contributed by atoms with Crippen molar-refractivity contribution in [1.82, 2.24) is 10.2 Å². The molecule has 4 nitrogen and oxygen atoms in total. The number of halogens is 3. The van der Waals surface area contributed by atoms with Crippen LogP contribution in [-0.2, 0) is 21.9 Å². The lowest BCUT2D eigenvalue weighted by molar-refractivity contribution is -0.138. The molecular formula is C22H25Cl3N2O2S. The molecule has 0 aliphatic carbocycles. The summed E-state index contributed by atoms with van der Waals surface area (Å²) < 4.78 is 0. The number of carbonyl (C=O) groups is 2. The summed E-state index contributed by atoms with van der Waals surface area (Å²) in [5, 5.41) is 4.53. The Labute approximate surface area is 197 Å². The Balaban J connectivity index is 2.11. The third kappa shape index (κ3) is 7.69. The molecule has 0 aromatic heterocycles. The maximum atomic E-state index is 13.0. The molecule has 30 heavy (non-hydrogen) atoms. The molecule has 1 N–H and O–H groups in total. The van der Waals surface area contributed by atoms with E-state index in [-0.39, 0.29) is 30.2 Å². The minimum Gasteiger partial charge on any atom is -0.352 e. The largest absolute Gasteiger partial charge is 0.352 e. The van der Waals surface area contributed by atoms with Crippen molar-refractivity contribution in [3.8, 4) is 0 Å². The molecule has 1 unspecified atom stereocenters. The molecule has 2 amide bonds. The van der Waals surface area contributed by atoms with Gasteiger partial charge in [0.25, 0.3) is 0 Å². The lowest BCUT2D eigenvalue weighted by atomic mass is 10.1. The summed E-state index contributed by atoms with van der Waals surface area (Å²) in [6.45, 7) is 5.72. The Morgan fingerprint density at radius 3 is 2.23 bits per heavy atom. The molecule has 2 rings (SSSR count). The Kier molecular flexibility index (Phi) is 9.82. The number of hydrogen-bond acceptors (Lipinski definition) is 3. The fraction of sp³-hybridized carbons (Fsp3) is 0.364. The van der Waals surface area contributed by atoms with E-state index in [0.29, 0.717) is 20.8 Å². The molecule has 0 heterocycles. The van der Waals surface area contributed by atoms with E-state index < -0.39 is 6.04 Å². The average molecular weight is 488 g/mol. The van der Waals surface area contributed by atoms with Gasteiger partial charge in [-0.25, -0.2) is 0 Å². The lowest BCUT2D eigenvalue weighted by Gasteiger charge is -2.29. The van der Waals surface area contributed by atoms with E-state index >= 15 is 0 Å². The van der Waals surface area contributed by atoms with Gasteiger partial charge in [0.1, 0.15) is 6.04 Å². The number of nitrogens with zero attached hydrogens (tertiary/aromatic N) is 1. The van der Waals surface area contributed by atoms with E-state index in [1.54, 1.807) is 30.0 Å². The number of thioether (sulfide) groups is 1. The van der Waals surface area contributed by atoms with Gasteiger partial charge in [0.2, 0.25) is 11.8 Å². The first kappa shape index (κ1) is 24.9. The van der Waals surface area contributed by atoms with Gasteiger partial charge in [-0.2, -0.15) is 0 Å². The molecule has 0 radical (unpaired) electrons. The minimum atomic E-state index is -0.636. The molecule has 1 atom stereocenters. The van der Waals surface area contributed by atoms with E-state index in [0.717, 1.165) is 11.1 Å². The summed E-state index contributed by atoms with van der Waals surface area (Å²) in [4.78, 5) is 27.2. The van der Waals surface area contributed by atoms with Crippen LogP contribution >= 0.6 is 46.6 Å². The Morgan fingerprint density at radius 2 is 1.63 bits per heavy atom. The highest BCUT2D eigenvalue weighted by molar-refractivity contribution is 7.99. The zero-order valence-corrected chi connectivity index (χ0v) is 20.2. The first-order valence-corrected chi connectivity index (χ1v) is 11.8. The van der Waals surface area contributed by atoms with Crippen LogP contribution in [0.3, 0.4) is 0 Å². The maximum Gasteiger partial charge on any atom is 0.242 e. The number of benzene rings is 2. The predicted octanol–water partition coefficient (Wildman–Crippen LogP) is 5.82. The van der Waals surface area contributed by atoms with Crippen LogP contribution in [0.15, 0.2) is 42.5 Å². The molecule has 0 fully saturated rings. The van der Waals surface area contributed by atoms with Crippen molar-refractivity contribution in [2.45, 2.75) is 45.2 Å². The monoisotopic (exact) mass is 486 g/mol. The van der Waals surface area contributed by atoms with Gasteiger partial charge in [-0.1, -0.05) is 53.0 Å². The normalized spacial score (nSPS) is 12.0. The van der Waals surface area contributed by atoms with E-state index in [1.165, 1.54) is 11.8 Å². The number of rotatable bonds is 9. The predicted molar refractivity (Wildman–Crippen MR) is 127 cm³/mol. The van der Waals surface area contributed by atoms with E-state index in [4.69, 9.17) is 34.8 Å². The summed E-state index contributed by atoms with van der Waals surface area (Å²) >= 11 is 19.7. The molecule has 162 valence electrons. The van der Waals surface area contributed by atoms with E-state index in [2.05, 4.69) is 5.32 Å². The van der Waals surface area contributed by atoms with Crippen molar-refractivity contribution in [3.63, 3.8) is 0 Å². The highest BCUT2D eigenvalue weighted by atomic mass is 35.5. The van der Waals surface area contributed by atoms with Crippen molar-refractivity contribution < 1.29 is 9.59 Å². The van der Waals surface area contributed by atoms with Gasteiger partial charge in [-0.05, 0) is 56.2 Å². The van der Waals surface area contributed by atoms with Crippen LogP contribution in [0.2, 0.25) is 15.1 Å². The summed E-state index contributed by atoms with van der Waals surface area (Å²) in [6, 6.07) is 12.0. The maximum absolute atomic E-state index is 13.0. The minimum absolute atomic E-state index is 0.0182. The van der Waals surface area contributed by atoms with Crippen LogP contribution in [-0.4, -0.2) is 34.6 Å². The quantitative estimate of drug-likeness (QED) is 0.485. The van der Waals surface area contributed by atoms with Crippen molar-refractivity contribution in [1.29, 1.82) is 0 Å². The van der Waals surface area contributed by atoms with Gasteiger partial charge in [-0.3, -0.25) is 9.59 Å². The Bertz CT molecular complexity index is 875. The third-order valence-corrected chi connectivity index (χ3v) is 6.19. The molecule has 0 saturated carbocycles. The van der Waals surface area contributed by atoms with Gasteiger partial charge >= 0.3 is 0 Å². The number of amides is 2. The van der Waals surface area contributed by atoms with Crippen molar-refractivity contribution in [2.75, 3.05) is 5.75 Å². The van der Waals surface area contributed by atoms with Crippen molar-refractivity contribution >= 4 is 58.4 Å². The van der Waals surface area contributed by atoms with Gasteiger partial charge in [0, 0.05) is 33.4 Å². The molecule has 0 saturated heterocycles. The fourth-order valence-corrected chi connectivity index (χ4v) is 4.21. The molecule has 0 bridgehead atoms. The highest BCUT2D eigenvalue weighted by Gasteiger charge is 2.27. The average Bonchev–Trinajstić information content (AvgIpc) is 2.67. The second kappa shape index (κ2) is 11.8. The Morgan fingerprint density at radius 1 is 1.00 bits per heavy atom. The van der Waals surface area contributed by atoms with Crippen LogP contribution in [0, 0.1) is 0 Å². The van der Waals surface area contributed by atoms with E-state index in [9.17, 15) is 9.59 Å². The summed E-state index contributed by atoms with van der Waals surface area (Å²) in [5.74, 6) is 0.579. The molecule has 2 aromatic rings. The molecule has 0 aliphatic heterocycles. The highest BCUT2D eigenvalue weighted by Crippen LogP contribution is 2.24. The van der Waals surface area contributed by atoms with Gasteiger partial charge in [0.15, 0.2) is 0 Å². The van der Waals surface area contributed by atoms with Crippen LogP contribution in [0.25, 0.3) is 0 Å². The van der Waals surface area contributed by atoms with Crippen LogP contribution < -0.4 is 5.32 Å². The zero-order valence-electron chi connectivity index (χ0n) is 17.1. The molecule has 0 spiro atoms. The molecular weight excluding hydrogens is 463 g/mol. The topological polar surface area (TPSA) is 49.4 Å². The second-order valence-corrected chi connectivity index (χ2v) is 9.48. The summed E-state index contributed by atoms with van der Waals surface area (Å²) in [5.41, 5.74) is 1.82. The molecule has 8 heteroatoms. The van der Waals surface area contributed by atoms with Gasteiger partial charge in [-0.15, -0.1) is 11.8 Å². The van der Waals surface area contributed by atoms with E-state index in [1.807, 2.05) is 38.1 Å². The van der Waals surface area contributed by atoms with Crippen LogP contribution in [0.4, 0.5) is 0 Å². The van der Waals surface area contributed by atoms with Crippen LogP contribution in [0.1, 0.15) is 31.9 Å². The first-order valence-electron chi connectivity index (χ1n) is 9.53. The van der Waals surface area contributed by atoms with Crippen molar-refractivity contribution in [2.24, 2.45) is 0 Å². The summed E-state index contributed by atoms with van der Waals surface area (Å²) in [7, 11) is 0. The smallest absolute Gasteiger partial charge is 0.242 e. The number of carbonyl (C=O) groups excluding carboxylic acids is 2. The SMILES string of the molecule is CC(C)NC(=O)C(C)N(Cc1ccc(Cl)cc1Cl)C(=O)CSCc1ccc(Cl)cc1. The summed E-state index contributed by atoms with van der Waals surface area (Å²) in [6.07, 6.45) is 0. The van der Waals surface area contributed by atoms with Crippen LogP contribution in [0.5, 0.6) is 0 Å². The van der Waals surface area contributed by atoms with Gasteiger partial charge < -0.3 is 10.2 Å².